The first-order chi connectivity index (χ1) is 14.2. The third kappa shape index (κ3) is 4.57. The van der Waals surface area contributed by atoms with Crippen molar-refractivity contribution in [2.45, 2.75) is 13.0 Å². The van der Waals surface area contributed by atoms with E-state index in [4.69, 9.17) is 0 Å². The maximum Gasteiger partial charge on any atom is 0.271 e. The fraction of sp³-hybridized carbons (Fsp3) is 0.136. The molecule has 0 bridgehead atoms. The summed E-state index contributed by atoms with van der Waals surface area (Å²) in [6.07, 6.45) is 2.69. The van der Waals surface area contributed by atoms with E-state index in [0.717, 1.165) is 28.5 Å². The smallest absolute Gasteiger partial charge is 0.271 e. The molecule has 0 aliphatic rings. The van der Waals surface area contributed by atoms with Crippen LogP contribution in [-0.4, -0.2) is 27.6 Å². The molecular weight excluding hydrogens is 369 g/mol. The monoisotopic (exact) mass is 389 g/mol. The molecule has 29 heavy (non-hydrogen) atoms. The number of H-pyrrole nitrogens is 1. The van der Waals surface area contributed by atoms with Crippen molar-refractivity contribution >= 4 is 22.6 Å². The molecule has 4 rings (SSSR count). The number of carbonyl (C=O) groups is 1. The van der Waals surface area contributed by atoms with Crippen molar-refractivity contribution in [3.63, 3.8) is 0 Å². The molecule has 0 unspecified atom stereocenters. The van der Waals surface area contributed by atoms with Crippen LogP contribution in [0.4, 0.5) is 10.2 Å². The van der Waals surface area contributed by atoms with Crippen LogP contribution in [0, 0.1) is 5.82 Å². The number of nitrogens with one attached hydrogen (secondary N) is 3. The van der Waals surface area contributed by atoms with Crippen LogP contribution in [0.15, 0.2) is 66.9 Å². The van der Waals surface area contributed by atoms with Crippen molar-refractivity contribution in [2.24, 2.45) is 0 Å². The van der Waals surface area contributed by atoms with Crippen molar-refractivity contribution in [1.82, 2.24) is 20.5 Å². The number of para-hydroxylation sites is 1. The minimum atomic E-state index is -0.270. The van der Waals surface area contributed by atoms with Crippen molar-refractivity contribution in [3.8, 4) is 0 Å². The van der Waals surface area contributed by atoms with Gasteiger partial charge in [-0.15, -0.1) is 10.2 Å². The van der Waals surface area contributed by atoms with Gasteiger partial charge in [-0.1, -0.05) is 30.3 Å². The van der Waals surface area contributed by atoms with Gasteiger partial charge in [0.2, 0.25) is 0 Å². The van der Waals surface area contributed by atoms with Gasteiger partial charge in [-0.3, -0.25) is 4.79 Å². The zero-order chi connectivity index (χ0) is 20.1. The molecule has 0 radical (unpaired) electrons. The Labute approximate surface area is 167 Å². The lowest BCUT2D eigenvalue weighted by Gasteiger charge is -2.07. The van der Waals surface area contributed by atoms with Crippen molar-refractivity contribution in [3.05, 3.63) is 89.5 Å². The quantitative estimate of drug-likeness (QED) is 0.450. The molecular formula is C22H20FN5O. The van der Waals surface area contributed by atoms with E-state index in [1.807, 2.05) is 24.4 Å². The number of aromatic nitrogens is 3. The number of aromatic amines is 1. The number of fused-ring (bicyclic) bond motifs is 1. The molecule has 3 N–H and O–H groups in total. The van der Waals surface area contributed by atoms with Crippen molar-refractivity contribution in [1.29, 1.82) is 0 Å². The Balaban J connectivity index is 1.28. The van der Waals surface area contributed by atoms with Gasteiger partial charge in [0, 0.05) is 30.2 Å². The Morgan fingerprint density at radius 1 is 1.00 bits per heavy atom. The van der Waals surface area contributed by atoms with Crippen molar-refractivity contribution in [2.75, 3.05) is 11.9 Å². The van der Waals surface area contributed by atoms with E-state index in [0.29, 0.717) is 18.9 Å². The first kappa shape index (κ1) is 18.6. The summed E-state index contributed by atoms with van der Waals surface area (Å²) >= 11 is 0. The highest BCUT2D eigenvalue weighted by Gasteiger charge is 2.09. The van der Waals surface area contributed by atoms with E-state index in [2.05, 4.69) is 31.9 Å². The molecule has 0 saturated carbocycles. The van der Waals surface area contributed by atoms with E-state index in [1.54, 1.807) is 24.3 Å². The summed E-state index contributed by atoms with van der Waals surface area (Å²) in [5.74, 6) is 0.0145. The number of carbonyl (C=O) groups excluding carboxylic acids is 1. The van der Waals surface area contributed by atoms with Crippen LogP contribution in [0.5, 0.6) is 0 Å². The lowest BCUT2D eigenvalue weighted by molar-refractivity contribution is 0.0948. The minimum Gasteiger partial charge on any atom is -0.365 e. The highest BCUT2D eigenvalue weighted by molar-refractivity contribution is 5.92. The fourth-order valence-corrected chi connectivity index (χ4v) is 3.08. The average molecular weight is 389 g/mol. The SMILES string of the molecule is O=C(NCCc1c[nH]c2ccccc12)c1ccc(NCc2ccc(F)cc2)nn1. The van der Waals surface area contributed by atoms with Gasteiger partial charge in [0.1, 0.15) is 11.6 Å². The standard InChI is InChI=1S/C22H20FN5O/c23-17-7-5-15(6-8-17)13-26-21-10-9-20(27-28-21)22(29)24-12-11-16-14-25-19-4-2-1-3-18(16)19/h1-10,14,25H,11-13H2,(H,24,29)(H,26,28). The summed E-state index contributed by atoms with van der Waals surface area (Å²) in [7, 11) is 0. The summed E-state index contributed by atoms with van der Waals surface area (Å²) in [4.78, 5) is 15.5. The molecule has 2 heterocycles. The Morgan fingerprint density at radius 3 is 2.62 bits per heavy atom. The maximum absolute atomic E-state index is 12.9. The van der Waals surface area contributed by atoms with Gasteiger partial charge in [0.25, 0.3) is 5.91 Å². The molecule has 7 heteroatoms. The summed E-state index contributed by atoms with van der Waals surface area (Å²) in [5.41, 5.74) is 3.43. The molecule has 4 aromatic rings. The Morgan fingerprint density at radius 2 is 1.83 bits per heavy atom. The summed E-state index contributed by atoms with van der Waals surface area (Å²) < 4.78 is 12.9. The largest absolute Gasteiger partial charge is 0.365 e. The number of rotatable bonds is 7. The molecule has 0 spiro atoms. The van der Waals surface area contributed by atoms with Crippen LogP contribution in [-0.2, 0) is 13.0 Å². The second-order valence-electron chi connectivity index (χ2n) is 6.65. The first-order valence-electron chi connectivity index (χ1n) is 9.34. The fourth-order valence-electron chi connectivity index (χ4n) is 3.08. The molecule has 146 valence electrons. The van der Waals surface area contributed by atoms with Gasteiger partial charge < -0.3 is 15.6 Å². The van der Waals surface area contributed by atoms with Gasteiger partial charge in [-0.25, -0.2) is 4.39 Å². The lowest BCUT2D eigenvalue weighted by Crippen LogP contribution is -2.26. The summed E-state index contributed by atoms with van der Waals surface area (Å²) in [6.45, 7) is 0.998. The lowest BCUT2D eigenvalue weighted by atomic mass is 10.1. The predicted octanol–water partition coefficient (Wildman–Crippen LogP) is 3.68. The second kappa shape index (κ2) is 8.52. The Hall–Kier alpha value is -3.74. The average Bonchev–Trinajstić information content (AvgIpc) is 3.17. The minimum absolute atomic E-state index is 0.260. The number of benzene rings is 2. The normalized spacial score (nSPS) is 10.8. The zero-order valence-electron chi connectivity index (χ0n) is 15.7. The van der Waals surface area contributed by atoms with E-state index >= 15 is 0 Å². The van der Waals surface area contributed by atoms with Gasteiger partial charge in [0.15, 0.2) is 5.69 Å². The Kier molecular flexibility index (Phi) is 5.47. The number of hydrogen-bond donors (Lipinski definition) is 3. The summed E-state index contributed by atoms with van der Waals surface area (Å²) in [6, 6.07) is 17.6. The van der Waals surface area contributed by atoms with Crippen LogP contribution in [0.2, 0.25) is 0 Å². The molecule has 1 amide bonds. The number of amides is 1. The zero-order valence-corrected chi connectivity index (χ0v) is 15.7. The molecule has 0 aliphatic carbocycles. The van der Waals surface area contributed by atoms with Gasteiger partial charge in [0.05, 0.1) is 0 Å². The topological polar surface area (TPSA) is 82.7 Å². The third-order valence-electron chi connectivity index (χ3n) is 4.64. The molecule has 2 aromatic carbocycles. The van der Waals surface area contributed by atoms with Gasteiger partial charge in [-0.2, -0.15) is 0 Å². The van der Waals surface area contributed by atoms with Crippen LogP contribution in [0.3, 0.4) is 0 Å². The molecule has 0 fully saturated rings. The second-order valence-corrected chi connectivity index (χ2v) is 6.65. The van der Waals surface area contributed by atoms with Gasteiger partial charge >= 0.3 is 0 Å². The van der Waals surface area contributed by atoms with E-state index in [-0.39, 0.29) is 17.4 Å². The molecule has 0 atom stereocenters. The van der Waals surface area contributed by atoms with Crippen LogP contribution < -0.4 is 10.6 Å². The van der Waals surface area contributed by atoms with Crippen LogP contribution in [0.1, 0.15) is 21.6 Å². The van der Waals surface area contributed by atoms with Crippen LogP contribution in [0.25, 0.3) is 10.9 Å². The summed E-state index contributed by atoms with van der Waals surface area (Å²) in [5, 5.41) is 15.1. The van der Waals surface area contributed by atoms with Crippen molar-refractivity contribution < 1.29 is 9.18 Å². The van der Waals surface area contributed by atoms with Crippen LogP contribution >= 0.6 is 0 Å². The number of halogens is 1. The molecule has 2 aromatic heterocycles. The maximum atomic E-state index is 12.9. The third-order valence-corrected chi connectivity index (χ3v) is 4.64. The Bertz CT molecular complexity index is 1110. The number of hydrogen-bond acceptors (Lipinski definition) is 4. The number of nitrogens with zero attached hydrogens (tertiary/aromatic N) is 2. The predicted molar refractivity (Wildman–Crippen MR) is 110 cm³/mol. The highest BCUT2D eigenvalue weighted by Crippen LogP contribution is 2.17. The van der Waals surface area contributed by atoms with E-state index < -0.39 is 0 Å². The molecule has 0 saturated heterocycles. The first-order valence-corrected chi connectivity index (χ1v) is 9.34. The van der Waals surface area contributed by atoms with E-state index in [9.17, 15) is 9.18 Å². The van der Waals surface area contributed by atoms with E-state index in [1.165, 1.54) is 12.1 Å². The number of anilines is 1. The highest BCUT2D eigenvalue weighted by atomic mass is 19.1. The molecule has 6 nitrogen and oxygen atoms in total. The van der Waals surface area contributed by atoms with Gasteiger partial charge in [-0.05, 0) is 47.9 Å². The molecule has 0 aliphatic heterocycles.